The molecule has 0 fully saturated rings. The standard InChI is InChI=1S/C20H30O4/c1-6-17(13-15(3)24-12-11-21)16(4)20(22-5)18-9-8-10-19(14-18)23-7-2/h8-10,14,17,21H,3,6-7,11-13H2,1-2,4-5H3/b20-16+. The Morgan fingerprint density at radius 1 is 1.29 bits per heavy atom. The van der Waals surface area contributed by atoms with Crippen molar-refractivity contribution < 1.29 is 19.3 Å². The number of aliphatic hydroxyl groups excluding tert-OH is 1. The molecule has 24 heavy (non-hydrogen) atoms. The Morgan fingerprint density at radius 3 is 2.62 bits per heavy atom. The van der Waals surface area contributed by atoms with Gasteiger partial charge >= 0.3 is 0 Å². The van der Waals surface area contributed by atoms with E-state index >= 15 is 0 Å². The van der Waals surface area contributed by atoms with E-state index in [0.29, 0.717) is 18.8 Å². The summed E-state index contributed by atoms with van der Waals surface area (Å²) >= 11 is 0. The summed E-state index contributed by atoms with van der Waals surface area (Å²) in [6, 6.07) is 7.93. The predicted octanol–water partition coefficient (Wildman–Crippen LogP) is 4.40. The molecule has 0 aromatic heterocycles. The number of hydrogen-bond donors (Lipinski definition) is 1. The maximum atomic E-state index is 8.85. The molecule has 134 valence electrons. The molecule has 4 heteroatoms. The summed E-state index contributed by atoms with van der Waals surface area (Å²) in [5.41, 5.74) is 2.16. The minimum absolute atomic E-state index is 0.00181. The monoisotopic (exact) mass is 334 g/mol. The van der Waals surface area contributed by atoms with E-state index in [-0.39, 0.29) is 19.1 Å². The number of benzene rings is 1. The highest BCUT2D eigenvalue weighted by Gasteiger charge is 2.17. The first-order valence-electron chi connectivity index (χ1n) is 8.46. The SMILES string of the molecule is C=C(CC(CC)/C(C)=C(/OC)c1cccc(OCC)c1)OCCO. The Kier molecular flexibility index (Phi) is 9.02. The summed E-state index contributed by atoms with van der Waals surface area (Å²) in [7, 11) is 1.69. The van der Waals surface area contributed by atoms with Crippen LogP contribution in [0.15, 0.2) is 42.2 Å². The highest BCUT2D eigenvalue weighted by Crippen LogP contribution is 2.31. The van der Waals surface area contributed by atoms with Crippen LogP contribution in [0.4, 0.5) is 0 Å². The molecule has 1 unspecified atom stereocenters. The molecule has 0 saturated carbocycles. The van der Waals surface area contributed by atoms with Crippen molar-refractivity contribution in [3.05, 3.63) is 47.7 Å². The maximum absolute atomic E-state index is 8.85. The molecule has 1 aromatic rings. The third kappa shape index (κ3) is 5.93. The molecule has 0 bridgehead atoms. The largest absolute Gasteiger partial charge is 0.496 e. The second kappa shape index (κ2) is 10.8. The van der Waals surface area contributed by atoms with E-state index < -0.39 is 0 Å². The third-order valence-corrected chi connectivity index (χ3v) is 3.95. The van der Waals surface area contributed by atoms with Gasteiger partial charge in [-0.25, -0.2) is 0 Å². The number of ether oxygens (including phenoxy) is 3. The molecule has 1 aromatic carbocycles. The molecular weight excluding hydrogens is 304 g/mol. The highest BCUT2D eigenvalue weighted by molar-refractivity contribution is 5.64. The fourth-order valence-corrected chi connectivity index (χ4v) is 2.71. The normalized spacial score (nSPS) is 13.0. The van der Waals surface area contributed by atoms with Crippen molar-refractivity contribution in [1.82, 2.24) is 0 Å². The minimum atomic E-state index is -0.00181. The zero-order valence-electron chi connectivity index (χ0n) is 15.3. The van der Waals surface area contributed by atoms with Gasteiger partial charge in [0.25, 0.3) is 0 Å². The summed E-state index contributed by atoms with van der Waals surface area (Å²) < 4.78 is 16.7. The lowest BCUT2D eigenvalue weighted by molar-refractivity contribution is 0.136. The molecule has 0 aliphatic carbocycles. The summed E-state index contributed by atoms with van der Waals surface area (Å²) in [5.74, 6) is 2.65. The Balaban J connectivity index is 3.02. The van der Waals surface area contributed by atoms with Gasteiger partial charge in [-0.05, 0) is 43.9 Å². The summed E-state index contributed by atoms with van der Waals surface area (Å²) in [6.07, 6.45) is 1.66. The number of aliphatic hydroxyl groups is 1. The van der Waals surface area contributed by atoms with Crippen LogP contribution in [0.2, 0.25) is 0 Å². The van der Waals surface area contributed by atoms with Crippen LogP contribution in [-0.2, 0) is 9.47 Å². The van der Waals surface area contributed by atoms with E-state index in [0.717, 1.165) is 29.1 Å². The lowest BCUT2D eigenvalue weighted by Crippen LogP contribution is -2.08. The van der Waals surface area contributed by atoms with Crippen LogP contribution in [0.25, 0.3) is 5.76 Å². The van der Waals surface area contributed by atoms with Crippen LogP contribution in [0.1, 0.15) is 39.2 Å². The average molecular weight is 334 g/mol. The smallest absolute Gasteiger partial charge is 0.125 e. The first-order chi connectivity index (χ1) is 11.6. The van der Waals surface area contributed by atoms with Crippen LogP contribution in [0.3, 0.4) is 0 Å². The van der Waals surface area contributed by atoms with Crippen LogP contribution in [0.5, 0.6) is 5.75 Å². The maximum Gasteiger partial charge on any atom is 0.125 e. The molecule has 4 nitrogen and oxygen atoms in total. The number of allylic oxidation sites excluding steroid dienone is 2. The van der Waals surface area contributed by atoms with E-state index in [9.17, 15) is 0 Å². The van der Waals surface area contributed by atoms with Gasteiger partial charge in [0, 0.05) is 12.0 Å². The Labute approximate surface area is 145 Å². The van der Waals surface area contributed by atoms with Crippen LogP contribution < -0.4 is 4.74 Å². The second-order valence-electron chi connectivity index (χ2n) is 5.60. The molecule has 1 N–H and O–H groups in total. The van der Waals surface area contributed by atoms with E-state index in [1.54, 1.807) is 7.11 Å². The quantitative estimate of drug-likeness (QED) is 0.609. The van der Waals surface area contributed by atoms with Crippen LogP contribution in [-0.4, -0.2) is 32.0 Å². The molecule has 0 spiro atoms. The number of rotatable bonds is 11. The van der Waals surface area contributed by atoms with E-state index in [4.69, 9.17) is 19.3 Å². The average Bonchev–Trinajstić information content (AvgIpc) is 2.59. The lowest BCUT2D eigenvalue weighted by atomic mass is 9.91. The second-order valence-corrected chi connectivity index (χ2v) is 5.60. The number of hydrogen-bond acceptors (Lipinski definition) is 4. The minimum Gasteiger partial charge on any atom is -0.496 e. The van der Waals surface area contributed by atoms with Gasteiger partial charge in [0.1, 0.15) is 18.1 Å². The fourth-order valence-electron chi connectivity index (χ4n) is 2.71. The third-order valence-electron chi connectivity index (χ3n) is 3.95. The van der Waals surface area contributed by atoms with Crippen LogP contribution in [0, 0.1) is 5.92 Å². The first-order valence-corrected chi connectivity index (χ1v) is 8.46. The summed E-state index contributed by atoms with van der Waals surface area (Å²) in [4.78, 5) is 0. The van der Waals surface area contributed by atoms with Crippen molar-refractivity contribution in [1.29, 1.82) is 0 Å². The molecule has 0 amide bonds. The van der Waals surface area contributed by atoms with Crippen molar-refractivity contribution in [3.8, 4) is 5.75 Å². The zero-order valence-corrected chi connectivity index (χ0v) is 15.3. The van der Waals surface area contributed by atoms with Crippen molar-refractivity contribution in [2.45, 2.75) is 33.6 Å². The molecule has 0 saturated heterocycles. The molecule has 0 aliphatic rings. The van der Waals surface area contributed by atoms with E-state index in [2.05, 4.69) is 20.4 Å². The van der Waals surface area contributed by atoms with Crippen LogP contribution >= 0.6 is 0 Å². The Hall–Kier alpha value is -1.94. The van der Waals surface area contributed by atoms with E-state index in [1.807, 2.05) is 31.2 Å². The topological polar surface area (TPSA) is 47.9 Å². The Bertz CT molecular complexity index is 548. The molecular formula is C20H30O4. The van der Waals surface area contributed by atoms with Gasteiger partial charge in [-0.1, -0.05) is 25.6 Å². The number of methoxy groups -OCH3 is 1. The van der Waals surface area contributed by atoms with Gasteiger partial charge in [0.2, 0.25) is 0 Å². The summed E-state index contributed by atoms with van der Waals surface area (Å²) in [5, 5.41) is 8.85. The van der Waals surface area contributed by atoms with E-state index in [1.165, 1.54) is 0 Å². The molecule has 0 heterocycles. The molecule has 0 radical (unpaired) electrons. The van der Waals surface area contributed by atoms with Gasteiger partial charge in [-0.3, -0.25) is 0 Å². The van der Waals surface area contributed by atoms with Crippen molar-refractivity contribution in [2.75, 3.05) is 26.9 Å². The van der Waals surface area contributed by atoms with Gasteiger partial charge in [-0.2, -0.15) is 0 Å². The van der Waals surface area contributed by atoms with Crippen molar-refractivity contribution in [3.63, 3.8) is 0 Å². The predicted molar refractivity (Wildman–Crippen MR) is 97.8 cm³/mol. The Morgan fingerprint density at radius 2 is 2.04 bits per heavy atom. The van der Waals surface area contributed by atoms with Gasteiger partial charge in [0.15, 0.2) is 0 Å². The van der Waals surface area contributed by atoms with Gasteiger partial charge in [0.05, 0.1) is 26.1 Å². The fraction of sp³-hybridized carbons (Fsp3) is 0.500. The molecule has 1 rings (SSSR count). The summed E-state index contributed by atoms with van der Waals surface area (Å²) in [6.45, 7) is 11.0. The van der Waals surface area contributed by atoms with Gasteiger partial charge < -0.3 is 19.3 Å². The lowest BCUT2D eigenvalue weighted by Gasteiger charge is -2.21. The highest BCUT2D eigenvalue weighted by atomic mass is 16.5. The van der Waals surface area contributed by atoms with Crippen molar-refractivity contribution in [2.24, 2.45) is 5.92 Å². The van der Waals surface area contributed by atoms with Gasteiger partial charge in [-0.15, -0.1) is 0 Å². The van der Waals surface area contributed by atoms with Crippen molar-refractivity contribution >= 4 is 5.76 Å². The molecule has 0 aliphatic heterocycles. The first kappa shape index (κ1) is 20.1. The zero-order chi connectivity index (χ0) is 17.9. The molecule has 1 atom stereocenters.